The van der Waals surface area contributed by atoms with Crippen LogP contribution in [0, 0.1) is 5.82 Å². The first-order chi connectivity index (χ1) is 12.7. The van der Waals surface area contributed by atoms with Gasteiger partial charge in [0.1, 0.15) is 5.82 Å². The van der Waals surface area contributed by atoms with E-state index in [1.165, 1.54) is 31.9 Å². The Labute approximate surface area is 156 Å². The molecule has 1 atom stereocenters. The van der Waals surface area contributed by atoms with Crippen molar-refractivity contribution in [2.75, 3.05) is 45.9 Å². The monoisotopic (exact) mass is 361 g/mol. The topological polar surface area (TPSA) is 27.7 Å². The zero-order chi connectivity index (χ0) is 17.8. The molecule has 3 saturated heterocycles. The van der Waals surface area contributed by atoms with Crippen LogP contribution in [0.1, 0.15) is 37.7 Å². The third-order valence-corrected chi connectivity index (χ3v) is 6.42. The van der Waals surface area contributed by atoms with Gasteiger partial charge in [-0.3, -0.25) is 9.80 Å². The van der Waals surface area contributed by atoms with Gasteiger partial charge in [-0.2, -0.15) is 0 Å². The summed E-state index contributed by atoms with van der Waals surface area (Å²) in [7, 11) is 0. The van der Waals surface area contributed by atoms with Gasteiger partial charge in [0.25, 0.3) is 0 Å². The SMILES string of the molecule is Fc1cccc(CN2CCCN(C3CCOC4(CCNCC4)C3)CC2)c1. The molecule has 0 aliphatic carbocycles. The van der Waals surface area contributed by atoms with E-state index in [9.17, 15) is 4.39 Å². The molecule has 1 unspecified atom stereocenters. The van der Waals surface area contributed by atoms with Crippen LogP contribution in [0.2, 0.25) is 0 Å². The fourth-order valence-corrected chi connectivity index (χ4v) is 4.95. The van der Waals surface area contributed by atoms with E-state index < -0.39 is 0 Å². The van der Waals surface area contributed by atoms with Crippen molar-refractivity contribution in [3.05, 3.63) is 35.6 Å². The van der Waals surface area contributed by atoms with Gasteiger partial charge in [0, 0.05) is 32.3 Å². The van der Waals surface area contributed by atoms with Crippen molar-refractivity contribution < 1.29 is 9.13 Å². The molecule has 144 valence electrons. The first-order valence-electron chi connectivity index (χ1n) is 10.3. The predicted octanol–water partition coefficient (Wildman–Crippen LogP) is 2.63. The minimum Gasteiger partial charge on any atom is -0.375 e. The first kappa shape index (κ1) is 18.4. The van der Waals surface area contributed by atoms with E-state index >= 15 is 0 Å². The normalized spacial score (nSPS) is 28.1. The molecule has 4 nitrogen and oxygen atoms in total. The second kappa shape index (κ2) is 8.34. The van der Waals surface area contributed by atoms with Crippen LogP contribution in [0.25, 0.3) is 0 Å². The number of rotatable bonds is 3. The van der Waals surface area contributed by atoms with E-state index in [-0.39, 0.29) is 11.4 Å². The number of piperidine rings is 1. The number of ether oxygens (including phenoxy) is 1. The summed E-state index contributed by atoms with van der Waals surface area (Å²) in [5.41, 5.74) is 1.21. The molecule has 3 aliphatic heterocycles. The van der Waals surface area contributed by atoms with Gasteiger partial charge in [0.2, 0.25) is 0 Å². The number of halogens is 1. The van der Waals surface area contributed by atoms with Crippen LogP contribution in [0.15, 0.2) is 24.3 Å². The molecule has 0 amide bonds. The molecule has 1 spiro atoms. The summed E-state index contributed by atoms with van der Waals surface area (Å²) >= 11 is 0. The van der Waals surface area contributed by atoms with Crippen LogP contribution in [0.5, 0.6) is 0 Å². The molecule has 0 saturated carbocycles. The molecule has 1 aromatic carbocycles. The Morgan fingerprint density at radius 1 is 1.15 bits per heavy atom. The first-order valence-corrected chi connectivity index (χ1v) is 10.3. The molecule has 26 heavy (non-hydrogen) atoms. The second-order valence-corrected chi connectivity index (χ2v) is 8.22. The highest BCUT2D eigenvalue weighted by Gasteiger charge is 2.40. The highest BCUT2D eigenvalue weighted by molar-refractivity contribution is 5.16. The number of benzene rings is 1. The summed E-state index contributed by atoms with van der Waals surface area (Å²) in [6.07, 6.45) is 5.87. The Bertz CT molecular complexity index is 585. The van der Waals surface area contributed by atoms with Gasteiger partial charge >= 0.3 is 0 Å². The van der Waals surface area contributed by atoms with E-state index in [1.807, 2.05) is 12.1 Å². The average molecular weight is 362 g/mol. The number of hydrogen-bond donors (Lipinski definition) is 1. The molecule has 1 aromatic rings. The molecule has 5 heteroatoms. The van der Waals surface area contributed by atoms with Gasteiger partial charge in [-0.1, -0.05) is 12.1 Å². The lowest BCUT2D eigenvalue weighted by Gasteiger charge is -2.46. The zero-order valence-electron chi connectivity index (χ0n) is 15.8. The van der Waals surface area contributed by atoms with Gasteiger partial charge in [0.15, 0.2) is 0 Å². The molecule has 0 aromatic heterocycles. The third-order valence-electron chi connectivity index (χ3n) is 6.42. The lowest BCUT2D eigenvalue weighted by molar-refractivity contribution is -0.120. The number of nitrogens with one attached hydrogen (secondary N) is 1. The number of nitrogens with zero attached hydrogens (tertiary/aromatic N) is 2. The maximum Gasteiger partial charge on any atom is 0.123 e. The minimum atomic E-state index is -0.131. The van der Waals surface area contributed by atoms with Crippen LogP contribution in [-0.2, 0) is 11.3 Å². The summed E-state index contributed by atoms with van der Waals surface area (Å²) in [5.74, 6) is -0.131. The lowest BCUT2D eigenvalue weighted by atomic mass is 9.82. The van der Waals surface area contributed by atoms with Crippen molar-refractivity contribution in [3.8, 4) is 0 Å². The molecule has 0 radical (unpaired) electrons. The summed E-state index contributed by atoms with van der Waals surface area (Å²) in [4.78, 5) is 5.19. The van der Waals surface area contributed by atoms with E-state index in [0.717, 1.165) is 64.3 Å². The highest BCUT2D eigenvalue weighted by atomic mass is 19.1. The van der Waals surface area contributed by atoms with Crippen LogP contribution in [0.4, 0.5) is 4.39 Å². The quantitative estimate of drug-likeness (QED) is 0.896. The molecule has 3 fully saturated rings. The average Bonchev–Trinajstić information content (AvgIpc) is 2.88. The zero-order valence-corrected chi connectivity index (χ0v) is 15.8. The van der Waals surface area contributed by atoms with Crippen LogP contribution < -0.4 is 5.32 Å². The minimum absolute atomic E-state index is 0.127. The van der Waals surface area contributed by atoms with E-state index in [4.69, 9.17) is 4.74 Å². The highest BCUT2D eigenvalue weighted by Crippen LogP contribution is 2.35. The lowest BCUT2D eigenvalue weighted by Crippen LogP contribution is -2.53. The Morgan fingerprint density at radius 2 is 2.04 bits per heavy atom. The smallest absolute Gasteiger partial charge is 0.123 e. The van der Waals surface area contributed by atoms with Crippen LogP contribution >= 0.6 is 0 Å². The van der Waals surface area contributed by atoms with E-state index in [1.54, 1.807) is 6.07 Å². The second-order valence-electron chi connectivity index (χ2n) is 8.22. The molecule has 3 aliphatic rings. The summed E-state index contributed by atoms with van der Waals surface area (Å²) in [6, 6.07) is 7.70. The van der Waals surface area contributed by atoms with Crippen LogP contribution in [-0.4, -0.2) is 67.3 Å². The Morgan fingerprint density at radius 3 is 2.88 bits per heavy atom. The molecule has 3 heterocycles. The van der Waals surface area contributed by atoms with Crippen LogP contribution in [0.3, 0.4) is 0 Å². The number of hydrogen-bond acceptors (Lipinski definition) is 4. The molecular weight excluding hydrogens is 329 g/mol. The Hall–Kier alpha value is -1.01. The summed E-state index contributed by atoms with van der Waals surface area (Å²) in [6.45, 7) is 8.42. The maximum atomic E-state index is 13.4. The van der Waals surface area contributed by atoms with Crippen molar-refractivity contribution in [3.63, 3.8) is 0 Å². The van der Waals surface area contributed by atoms with Gasteiger partial charge in [-0.15, -0.1) is 0 Å². The summed E-state index contributed by atoms with van der Waals surface area (Å²) < 4.78 is 19.7. The maximum absolute atomic E-state index is 13.4. The van der Waals surface area contributed by atoms with Gasteiger partial charge < -0.3 is 10.1 Å². The third kappa shape index (κ3) is 4.45. The van der Waals surface area contributed by atoms with Gasteiger partial charge in [-0.05, 0) is 76.0 Å². The summed E-state index contributed by atoms with van der Waals surface area (Å²) in [5, 5.41) is 3.47. The Balaban J connectivity index is 1.33. The van der Waals surface area contributed by atoms with E-state index in [0.29, 0.717) is 6.04 Å². The molecule has 4 rings (SSSR count). The largest absolute Gasteiger partial charge is 0.375 e. The standard InChI is InChI=1S/C21H32FN3O/c22-19-4-1-3-18(15-19)17-24-10-2-11-25(13-12-24)20-5-14-26-21(16-20)6-8-23-9-7-21/h1,3-4,15,20,23H,2,5-14,16-17H2. The van der Waals surface area contributed by atoms with E-state index in [2.05, 4.69) is 15.1 Å². The van der Waals surface area contributed by atoms with Crippen molar-refractivity contribution in [2.24, 2.45) is 0 Å². The Kier molecular flexibility index (Phi) is 5.89. The van der Waals surface area contributed by atoms with Crippen molar-refractivity contribution in [1.29, 1.82) is 0 Å². The fraction of sp³-hybridized carbons (Fsp3) is 0.714. The van der Waals surface area contributed by atoms with Gasteiger partial charge in [-0.25, -0.2) is 4.39 Å². The molecule has 0 bridgehead atoms. The van der Waals surface area contributed by atoms with Crippen molar-refractivity contribution in [1.82, 2.24) is 15.1 Å². The van der Waals surface area contributed by atoms with Crippen molar-refractivity contribution in [2.45, 2.75) is 50.3 Å². The van der Waals surface area contributed by atoms with Gasteiger partial charge in [0.05, 0.1) is 5.60 Å². The fourth-order valence-electron chi connectivity index (χ4n) is 4.95. The molecular formula is C21H32FN3O. The molecule has 1 N–H and O–H groups in total. The predicted molar refractivity (Wildman–Crippen MR) is 102 cm³/mol. The van der Waals surface area contributed by atoms with Crippen molar-refractivity contribution >= 4 is 0 Å².